The Morgan fingerprint density at radius 1 is 1.08 bits per heavy atom. The Hall–Kier alpha value is -3.13. The molecule has 2 aromatic carbocycles. The number of hydrogen-bond acceptors (Lipinski definition) is 4. The summed E-state index contributed by atoms with van der Waals surface area (Å²) in [6.07, 6.45) is 3.29. The van der Waals surface area contributed by atoms with E-state index in [1.54, 1.807) is 23.0 Å². The summed E-state index contributed by atoms with van der Waals surface area (Å²) in [5, 5.41) is 15.4. The van der Waals surface area contributed by atoms with Gasteiger partial charge in [0.2, 0.25) is 5.82 Å². The Bertz CT molecular complexity index is 1140. The second kappa shape index (κ2) is 6.30. The van der Waals surface area contributed by atoms with Crippen LogP contribution in [-0.2, 0) is 0 Å². The number of benzene rings is 2. The number of nitro benzene ring substituents is 1. The van der Waals surface area contributed by atoms with Crippen LogP contribution in [-0.4, -0.2) is 19.5 Å². The first-order valence-electron chi connectivity index (χ1n) is 7.57. The fourth-order valence-corrected chi connectivity index (χ4v) is 3.02. The molecule has 0 saturated carbocycles. The van der Waals surface area contributed by atoms with Crippen LogP contribution >= 0.6 is 15.9 Å². The summed E-state index contributed by atoms with van der Waals surface area (Å²) in [6, 6.07) is 13.2. The van der Waals surface area contributed by atoms with Crippen molar-refractivity contribution in [3.63, 3.8) is 0 Å². The van der Waals surface area contributed by atoms with E-state index in [1.165, 1.54) is 12.1 Å². The van der Waals surface area contributed by atoms with Gasteiger partial charge >= 0.3 is 5.69 Å². The minimum Gasteiger partial charge on any atom is -0.258 e. The largest absolute Gasteiger partial charge is 0.305 e. The minimum atomic E-state index is -0.875. The second-order valence-corrected chi connectivity index (χ2v) is 6.47. The number of aromatic nitrogens is 3. The number of nitro groups is 1. The highest BCUT2D eigenvalue weighted by atomic mass is 79.9. The Labute approximate surface area is 155 Å². The Morgan fingerprint density at radius 2 is 1.81 bits per heavy atom. The minimum absolute atomic E-state index is 0.482. The van der Waals surface area contributed by atoms with Crippen molar-refractivity contribution in [3.05, 3.63) is 81.3 Å². The van der Waals surface area contributed by atoms with Crippen molar-refractivity contribution in [3.8, 4) is 22.4 Å². The molecule has 8 heteroatoms. The fourth-order valence-electron chi connectivity index (χ4n) is 2.76. The van der Waals surface area contributed by atoms with Gasteiger partial charge in [-0.2, -0.15) is 9.49 Å². The highest BCUT2D eigenvalue weighted by molar-refractivity contribution is 9.10. The molecule has 0 N–H and O–H groups in total. The maximum absolute atomic E-state index is 13.6. The summed E-state index contributed by atoms with van der Waals surface area (Å²) in [5.41, 5.74) is 2.87. The fraction of sp³-hybridized carbons (Fsp3) is 0. The van der Waals surface area contributed by atoms with Crippen LogP contribution in [0.3, 0.4) is 0 Å². The molecule has 0 atom stereocenters. The Morgan fingerprint density at radius 3 is 2.54 bits per heavy atom. The van der Waals surface area contributed by atoms with Gasteiger partial charge in [0.05, 0.1) is 16.8 Å². The van der Waals surface area contributed by atoms with E-state index >= 15 is 0 Å². The van der Waals surface area contributed by atoms with Gasteiger partial charge < -0.3 is 0 Å². The van der Waals surface area contributed by atoms with Crippen LogP contribution in [0.1, 0.15) is 0 Å². The molecule has 4 rings (SSSR count). The second-order valence-electron chi connectivity index (χ2n) is 5.55. The molecule has 128 valence electrons. The number of halogens is 2. The van der Waals surface area contributed by atoms with Crippen molar-refractivity contribution in [2.75, 3.05) is 0 Å². The van der Waals surface area contributed by atoms with Gasteiger partial charge in [-0.1, -0.05) is 28.1 Å². The molecule has 0 unspecified atom stereocenters. The van der Waals surface area contributed by atoms with E-state index in [4.69, 9.17) is 0 Å². The van der Waals surface area contributed by atoms with Gasteiger partial charge in [-0.3, -0.25) is 10.1 Å². The average molecular weight is 413 g/mol. The number of hydrogen-bond donors (Lipinski definition) is 0. The quantitative estimate of drug-likeness (QED) is 0.355. The van der Waals surface area contributed by atoms with Crippen molar-refractivity contribution in [2.24, 2.45) is 0 Å². The predicted octanol–water partition coefficient (Wildman–Crippen LogP) is 4.87. The summed E-state index contributed by atoms with van der Waals surface area (Å²) in [7, 11) is 0. The maximum Gasteiger partial charge on any atom is 0.305 e. The SMILES string of the molecule is O=[N+]([O-])c1cc(-c2ccnc3c(-c4ccc(Br)cc4)cnn23)ccc1F. The zero-order valence-corrected chi connectivity index (χ0v) is 14.7. The molecule has 2 heterocycles. The van der Waals surface area contributed by atoms with Crippen LogP contribution in [0.25, 0.3) is 28.0 Å². The zero-order chi connectivity index (χ0) is 18.3. The third-order valence-corrected chi connectivity index (χ3v) is 4.52. The molecule has 0 radical (unpaired) electrons. The van der Waals surface area contributed by atoms with Gasteiger partial charge in [-0.25, -0.2) is 9.50 Å². The standard InChI is InChI=1S/C18H10BrFN4O2/c19-13-4-1-11(2-5-13)14-10-22-23-16(7-8-21-18(14)23)12-3-6-15(20)17(9-12)24(25)26/h1-10H. The van der Waals surface area contributed by atoms with Crippen LogP contribution in [0.5, 0.6) is 0 Å². The van der Waals surface area contributed by atoms with Crippen molar-refractivity contribution < 1.29 is 9.31 Å². The first-order valence-corrected chi connectivity index (χ1v) is 8.37. The smallest absolute Gasteiger partial charge is 0.258 e. The maximum atomic E-state index is 13.6. The summed E-state index contributed by atoms with van der Waals surface area (Å²) >= 11 is 3.40. The monoisotopic (exact) mass is 412 g/mol. The average Bonchev–Trinajstić information content (AvgIpc) is 3.07. The number of fused-ring (bicyclic) bond motifs is 1. The van der Waals surface area contributed by atoms with Crippen LogP contribution in [0.2, 0.25) is 0 Å². The van der Waals surface area contributed by atoms with Crippen molar-refractivity contribution >= 4 is 27.3 Å². The molecule has 0 aliphatic rings. The Kier molecular flexibility index (Phi) is 3.96. The molecule has 26 heavy (non-hydrogen) atoms. The highest BCUT2D eigenvalue weighted by Crippen LogP contribution is 2.30. The van der Waals surface area contributed by atoms with Gasteiger partial charge in [0.15, 0.2) is 5.65 Å². The van der Waals surface area contributed by atoms with Gasteiger partial charge in [-0.05, 0) is 35.9 Å². The third-order valence-electron chi connectivity index (χ3n) is 4.00. The third kappa shape index (κ3) is 2.74. The van der Waals surface area contributed by atoms with E-state index in [0.717, 1.165) is 21.7 Å². The highest BCUT2D eigenvalue weighted by Gasteiger charge is 2.17. The summed E-state index contributed by atoms with van der Waals surface area (Å²) in [4.78, 5) is 14.7. The molecular weight excluding hydrogens is 403 g/mol. The van der Waals surface area contributed by atoms with Crippen molar-refractivity contribution in [1.29, 1.82) is 0 Å². The van der Waals surface area contributed by atoms with Crippen LogP contribution < -0.4 is 0 Å². The van der Waals surface area contributed by atoms with Crippen LogP contribution in [0, 0.1) is 15.9 Å². The molecule has 0 fully saturated rings. The van der Waals surface area contributed by atoms with E-state index in [0.29, 0.717) is 16.9 Å². The van der Waals surface area contributed by atoms with E-state index in [1.807, 2.05) is 24.3 Å². The van der Waals surface area contributed by atoms with E-state index in [2.05, 4.69) is 26.0 Å². The molecule has 0 spiro atoms. The molecular formula is C18H10BrFN4O2. The lowest BCUT2D eigenvalue weighted by Crippen LogP contribution is -1.98. The van der Waals surface area contributed by atoms with Crippen molar-refractivity contribution in [1.82, 2.24) is 14.6 Å². The topological polar surface area (TPSA) is 73.3 Å². The van der Waals surface area contributed by atoms with E-state index in [-0.39, 0.29) is 0 Å². The first-order chi connectivity index (χ1) is 12.5. The van der Waals surface area contributed by atoms with E-state index in [9.17, 15) is 14.5 Å². The molecule has 0 aliphatic heterocycles. The number of rotatable bonds is 3. The number of nitrogens with zero attached hydrogens (tertiary/aromatic N) is 4. The normalized spacial score (nSPS) is 11.0. The predicted molar refractivity (Wildman–Crippen MR) is 98.2 cm³/mol. The van der Waals surface area contributed by atoms with Crippen molar-refractivity contribution in [2.45, 2.75) is 0 Å². The summed E-state index contributed by atoms with van der Waals surface area (Å²) in [6.45, 7) is 0. The Balaban J connectivity index is 1.89. The lowest BCUT2D eigenvalue weighted by molar-refractivity contribution is -0.387. The first kappa shape index (κ1) is 16.3. The van der Waals surface area contributed by atoms with E-state index < -0.39 is 16.4 Å². The summed E-state index contributed by atoms with van der Waals surface area (Å²) in [5.74, 6) is -0.875. The van der Waals surface area contributed by atoms with Gasteiger partial charge in [0, 0.05) is 27.9 Å². The molecule has 4 aromatic rings. The molecule has 6 nitrogen and oxygen atoms in total. The summed E-state index contributed by atoms with van der Waals surface area (Å²) < 4.78 is 16.2. The lowest BCUT2D eigenvalue weighted by Gasteiger charge is -2.06. The van der Waals surface area contributed by atoms with Gasteiger partial charge in [0.1, 0.15) is 0 Å². The lowest BCUT2D eigenvalue weighted by atomic mass is 10.1. The van der Waals surface area contributed by atoms with Gasteiger partial charge in [-0.15, -0.1) is 0 Å². The zero-order valence-electron chi connectivity index (χ0n) is 13.1. The molecule has 2 aromatic heterocycles. The van der Waals surface area contributed by atoms with Gasteiger partial charge in [0.25, 0.3) is 0 Å². The van der Waals surface area contributed by atoms with Crippen LogP contribution in [0.4, 0.5) is 10.1 Å². The molecule has 0 amide bonds. The van der Waals surface area contributed by atoms with Crippen LogP contribution in [0.15, 0.2) is 65.4 Å². The molecule has 0 saturated heterocycles. The molecule has 0 bridgehead atoms. The molecule has 0 aliphatic carbocycles.